The van der Waals surface area contributed by atoms with E-state index in [9.17, 15) is 20.1 Å². The lowest BCUT2D eigenvalue weighted by atomic mass is 9.41. The van der Waals surface area contributed by atoms with E-state index in [2.05, 4.69) is 39.6 Å². The van der Waals surface area contributed by atoms with Crippen molar-refractivity contribution in [2.24, 2.45) is 50.7 Å². The summed E-state index contributed by atoms with van der Waals surface area (Å²) in [6.45, 7) is 16.7. The van der Waals surface area contributed by atoms with E-state index in [0.29, 0.717) is 43.5 Å². The average Bonchev–Trinajstić information content (AvgIpc) is 3.70. The van der Waals surface area contributed by atoms with Crippen molar-refractivity contribution in [3.8, 4) is 0 Å². The molecule has 3 N–H and O–H groups in total. The number of nitrogens with zero attached hydrogens (tertiary/aromatic N) is 2. The van der Waals surface area contributed by atoms with Gasteiger partial charge in [-0.05, 0) is 123 Å². The van der Waals surface area contributed by atoms with E-state index in [1.165, 1.54) is 12.8 Å². The zero-order chi connectivity index (χ0) is 34.9. The van der Waals surface area contributed by atoms with Crippen LogP contribution in [0.2, 0.25) is 0 Å². The van der Waals surface area contributed by atoms with Gasteiger partial charge in [0.1, 0.15) is 6.10 Å². The van der Waals surface area contributed by atoms with Gasteiger partial charge < -0.3 is 34.4 Å². The molecule has 0 aromatic carbocycles. The van der Waals surface area contributed by atoms with Crippen molar-refractivity contribution >= 4 is 5.91 Å². The molecule has 8 rings (SSSR count). The minimum Gasteiger partial charge on any atom is -0.390 e. The van der Waals surface area contributed by atoms with Gasteiger partial charge in [-0.1, -0.05) is 34.6 Å². The monoisotopic (exact) mass is 680 g/mol. The van der Waals surface area contributed by atoms with Gasteiger partial charge in [0.2, 0.25) is 0 Å². The van der Waals surface area contributed by atoms with Crippen LogP contribution in [0.5, 0.6) is 0 Å². The summed E-state index contributed by atoms with van der Waals surface area (Å²) in [5, 5.41) is 34.2. The number of ether oxygens (including phenoxy) is 3. The Morgan fingerprint density at radius 2 is 1.84 bits per heavy atom. The van der Waals surface area contributed by atoms with Crippen LogP contribution in [-0.2, 0) is 14.2 Å². The largest absolute Gasteiger partial charge is 0.390 e. The first kappa shape index (κ1) is 34.5. The third-order valence-corrected chi connectivity index (χ3v) is 16.4. The van der Waals surface area contributed by atoms with Crippen LogP contribution in [0.4, 0.5) is 0 Å². The Balaban J connectivity index is 1.00. The van der Waals surface area contributed by atoms with Crippen LogP contribution in [0.25, 0.3) is 0 Å². The first-order valence-electron chi connectivity index (χ1n) is 19.2. The van der Waals surface area contributed by atoms with E-state index >= 15 is 0 Å². The van der Waals surface area contributed by atoms with Crippen LogP contribution in [0.15, 0.2) is 24.5 Å². The second-order valence-corrected chi connectivity index (χ2v) is 19.1. The molecule has 7 fully saturated rings. The first-order chi connectivity index (χ1) is 23.0. The molecule has 5 unspecified atom stereocenters. The molecule has 0 bridgehead atoms. The van der Waals surface area contributed by atoms with Crippen molar-refractivity contribution < 1.29 is 34.3 Å². The number of amides is 1. The van der Waals surface area contributed by atoms with Gasteiger partial charge in [-0.3, -0.25) is 9.78 Å². The predicted octanol–water partition coefficient (Wildman–Crippen LogP) is 5.21. The highest BCUT2D eigenvalue weighted by molar-refractivity contribution is 5.93. The fraction of sp³-hybridized carbons (Fsp3) is 0.850. The number of fused-ring (bicyclic) bond motifs is 4. The molecule has 2 aliphatic heterocycles. The molecule has 9 heteroatoms. The van der Waals surface area contributed by atoms with Crippen molar-refractivity contribution in [2.75, 3.05) is 19.7 Å². The van der Waals surface area contributed by atoms with Crippen LogP contribution in [0.1, 0.15) is 110 Å². The number of hydrogen-bond acceptors (Lipinski definition) is 8. The van der Waals surface area contributed by atoms with E-state index in [-0.39, 0.29) is 57.0 Å². The summed E-state index contributed by atoms with van der Waals surface area (Å²) in [4.78, 5) is 19.2. The lowest BCUT2D eigenvalue weighted by Crippen LogP contribution is -2.60. The first-order valence-corrected chi connectivity index (χ1v) is 19.2. The molecule has 1 aromatic heterocycles. The Labute approximate surface area is 292 Å². The Hall–Kier alpha value is -1.62. The zero-order valence-corrected chi connectivity index (χ0v) is 30.7. The van der Waals surface area contributed by atoms with Crippen molar-refractivity contribution in [3.05, 3.63) is 30.1 Å². The van der Waals surface area contributed by atoms with Gasteiger partial charge in [0, 0.05) is 24.4 Å². The maximum absolute atomic E-state index is 13.2. The molecular weight excluding hydrogens is 620 g/mol. The quantitative estimate of drug-likeness (QED) is 0.388. The molecule has 3 heterocycles. The molecule has 272 valence electrons. The number of aliphatic hydroxyl groups is 3. The van der Waals surface area contributed by atoms with Crippen molar-refractivity contribution in [3.63, 3.8) is 0 Å². The summed E-state index contributed by atoms with van der Waals surface area (Å²) in [6, 6.07) is 3.61. The molecule has 1 aromatic rings. The summed E-state index contributed by atoms with van der Waals surface area (Å²) in [6.07, 6.45) is 9.07. The van der Waals surface area contributed by atoms with Crippen LogP contribution < -0.4 is 0 Å². The number of rotatable bonds is 5. The summed E-state index contributed by atoms with van der Waals surface area (Å²) >= 11 is 0. The van der Waals surface area contributed by atoms with E-state index in [0.717, 1.165) is 32.1 Å². The minimum atomic E-state index is -1.26. The third kappa shape index (κ3) is 4.64. The zero-order valence-electron chi connectivity index (χ0n) is 30.7. The lowest BCUT2D eigenvalue weighted by Gasteiger charge is -2.64. The molecule has 7 aliphatic rings. The Bertz CT molecular complexity index is 1450. The highest BCUT2D eigenvalue weighted by Crippen LogP contribution is 2.89. The highest BCUT2D eigenvalue weighted by Gasteiger charge is 2.84. The predicted molar refractivity (Wildman–Crippen MR) is 183 cm³/mol. The fourth-order valence-corrected chi connectivity index (χ4v) is 14.0. The Morgan fingerprint density at radius 3 is 2.55 bits per heavy atom. The molecule has 9 nitrogen and oxygen atoms in total. The topological polar surface area (TPSA) is 122 Å². The van der Waals surface area contributed by atoms with Gasteiger partial charge >= 0.3 is 0 Å². The van der Waals surface area contributed by atoms with Crippen LogP contribution in [0.3, 0.4) is 0 Å². The summed E-state index contributed by atoms with van der Waals surface area (Å²) in [5.74, 6) is 1.43. The maximum atomic E-state index is 13.2. The molecule has 5 saturated carbocycles. The number of aliphatic hydroxyl groups excluding tert-OH is 2. The molecule has 49 heavy (non-hydrogen) atoms. The summed E-state index contributed by atoms with van der Waals surface area (Å²) in [7, 11) is 0. The molecule has 5 aliphatic carbocycles. The van der Waals surface area contributed by atoms with Gasteiger partial charge in [0.25, 0.3) is 5.91 Å². The van der Waals surface area contributed by atoms with E-state index in [1.54, 1.807) is 32.3 Å². The van der Waals surface area contributed by atoms with E-state index in [1.807, 2.05) is 11.0 Å². The lowest BCUT2D eigenvalue weighted by molar-refractivity contribution is -0.245. The van der Waals surface area contributed by atoms with Gasteiger partial charge in [-0.2, -0.15) is 0 Å². The smallest absolute Gasteiger partial charge is 0.255 e. The number of carbonyl (C=O) groups is 1. The summed E-state index contributed by atoms with van der Waals surface area (Å²) < 4.78 is 19.6. The SMILES string of the molecule is C[C@@H]1CC([C@H](O)C(C)(C)O)OC2C1[C@@]1(C)CCC34C[C@@]35CC[C@H](OC3CN(C(=O)c6cccnc6)CCO3)C(C)(C)[C@@H]5CC[C@H]4[C@]1(C)[C@H]2O. The minimum absolute atomic E-state index is 0.0273. The molecule has 0 radical (unpaired) electrons. The Morgan fingerprint density at radius 1 is 1.10 bits per heavy atom. The summed E-state index contributed by atoms with van der Waals surface area (Å²) in [5.41, 5.74) is -0.567. The van der Waals surface area contributed by atoms with Crippen molar-refractivity contribution in [1.29, 1.82) is 0 Å². The molecular formula is C40H60N2O7. The van der Waals surface area contributed by atoms with Crippen molar-refractivity contribution in [2.45, 2.75) is 142 Å². The van der Waals surface area contributed by atoms with Crippen LogP contribution in [0, 0.1) is 50.7 Å². The standard InChI is InChI=1S/C40H60N2O7/c1-23-19-25(32(43)36(4,5)46)48-31-30(23)37(6)14-15-40-22-39(40)13-12-28(35(2,3)26(39)10-11-27(40)38(37,7)33(31)44)49-29-21-42(17-18-47-29)34(45)24-9-8-16-41-20-24/h8-9,16,20,23,25-33,43-44,46H,10-15,17-19,21-22H2,1-7H3/t23-,25?,26+,27+,28+,29?,30?,31?,32+,33+,37-,38-,39-,40?/m1/s1. The number of aromatic nitrogens is 1. The third-order valence-electron chi connectivity index (χ3n) is 16.4. The number of hydrogen-bond donors (Lipinski definition) is 3. The normalized spacial score (nSPS) is 49.1. The van der Waals surface area contributed by atoms with Crippen LogP contribution in [-0.4, -0.2) is 93.2 Å². The van der Waals surface area contributed by atoms with Crippen LogP contribution >= 0.6 is 0 Å². The van der Waals surface area contributed by atoms with Gasteiger partial charge in [-0.15, -0.1) is 0 Å². The molecule has 2 saturated heterocycles. The molecule has 2 spiro atoms. The molecule has 14 atom stereocenters. The number of carbonyl (C=O) groups excluding carboxylic acids is 1. The van der Waals surface area contributed by atoms with E-state index < -0.39 is 30.2 Å². The fourth-order valence-electron chi connectivity index (χ4n) is 14.0. The van der Waals surface area contributed by atoms with Crippen molar-refractivity contribution in [1.82, 2.24) is 9.88 Å². The van der Waals surface area contributed by atoms with E-state index in [4.69, 9.17) is 14.2 Å². The second kappa shape index (κ2) is 11.2. The van der Waals surface area contributed by atoms with Gasteiger partial charge in [-0.25, -0.2) is 0 Å². The second-order valence-electron chi connectivity index (χ2n) is 19.1. The van der Waals surface area contributed by atoms with Gasteiger partial charge in [0.15, 0.2) is 6.29 Å². The highest BCUT2D eigenvalue weighted by atomic mass is 16.7. The number of morpholine rings is 1. The average molecular weight is 681 g/mol. The Kier molecular flexibility index (Phi) is 7.87. The maximum Gasteiger partial charge on any atom is 0.255 e. The van der Waals surface area contributed by atoms with Gasteiger partial charge in [0.05, 0.1) is 48.7 Å². The number of pyridine rings is 1. The molecule has 1 amide bonds.